The van der Waals surface area contributed by atoms with Gasteiger partial charge in [-0.1, -0.05) is 12.2 Å². The highest BCUT2D eigenvalue weighted by molar-refractivity contribution is 7.89. The number of hydrogen-bond acceptors (Lipinski definition) is 4. The summed E-state index contributed by atoms with van der Waals surface area (Å²) >= 11 is 4.74. The lowest BCUT2D eigenvalue weighted by molar-refractivity contribution is 0.389. The lowest BCUT2D eigenvalue weighted by Crippen LogP contribution is -2.42. The van der Waals surface area contributed by atoms with Gasteiger partial charge in [-0.2, -0.15) is 4.31 Å². The van der Waals surface area contributed by atoms with Gasteiger partial charge in [0, 0.05) is 6.04 Å². The highest BCUT2D eigenvalue weighted by Gasteiger charge is 2.28. The SMILES string of the molecule is CC(C)N(CC(N)=S)S(=O)(=O)c1cnc[nH]1. The lowest BCUT2D eigenvalue weighted by atomic mass is 10.4. The number of rotatable bonds is 5. The quantitative estimate of drug-likeness (QED) is 0.734. The number of nitrogens with one attached hydrogen (secondary N) is 1. The van der Waals surface area contributed by atoms with Crippen LogP contribution in [0.25, 0.3) is 0 Å². The molecule has 0 unspecified atom stereocenters. The van der Waals surface area contributed by atoms with Crippen LogP contribution in [0, 0.1) is 0 Å². The van der Waals surface area contributed by atoms with Crippen LogP contribution in [0.5, 0.6) is 0 Å². The average Bonchev–Trinajstić information content (AvgIpc) is 2.66. The summed E-state index contributed by atoms with van der Waals surface area (Å²) in [6, 6.07) is -0.227. The van der Waals surface area contributed by atoms with Crippen molar-refractivity contribution in [2.75, 3.05) is 6.54 Å². The van der Waals surface area contributed by atoms with Crippen LogP contribution in [0.1, 0.15) is 13.8 Å². The average molecular weight is 262 g/mol. The number of thiocarbonyl (C=S) groups is 1. The number of sulfonamides is 1. The Kier molecular flexibility index (Phi) is 4.00. The molecular weight excluding hydrogens is 248 g/mol. The molecule has 0 saturated carbocycles. The summed E-state index contributed by atoms with van der Waals surface area (Å²) < 4.78 is 25.4. The molecule has 6 nitrogen and oxygen atoms in total. The summed E-state index contributed by atoms with van der Waals surface area (Å²) in [6.07, 6.45) is 2.57. The first-order valence-electron chi connectivity index (χ1n) is 4.64. The van der Waals surface area contributed by atoms with E-state index in [2.05, 4.69) is 9.97 Å². The zero-order valence-corrected chi connectivity index (χ0v) is 10.7. The Morgan fingerprint density at radius 3 is 2.69 bits per heavy atom. The molecule has 0 saturated heterocycles. The van der Waals surface area contributed by atoms with E-state index in [0.29, 0.717) is 0 Å². The minimum Gasteiger partial charge on any atom is -0.392 e. The summed E-state index contributed by atoms with van der Waals surface area (Å²) in [4.78, 5) is 6.38. The Morgan fingerprint density at radius 1 is 1.69 bits per heavy atom. The summed E-state index contributed by atoms with van der Waals surface area (Å²) in [5.41, 5.74) is 5.38. The molecule has 0 fully saturated rings. The predicted molar refractivity (Wildman–Crippen MR) is 64.4 cm³/mol. The summed E-state index contributed by atoms with van der Waals surface area (Å²) in [6.45, 7) is 3.53. The maximum atomic E-state index is 12.1. The van der Waals surface area contributed by atoms with Crippen molar-refractivity contribution in [1.29, 1.82) is 0 Å². The Hall–Kier alpha value is -0.990. The number of nitrogens with two attached hydrogens (primary N) is 1. The van der Waals surface area contributed by atoms with Crippen molar-refractivity contribution in [2.24, 2.45) is 5.73 Å². The second-order valence-electron chi connectivity index (χ2n) is 3.53. The van der Waals surface area contributed by atoms with Gasteiger partial charge in [0.25, 0.3) is 10.0 Å². The molecule has 0 aliphatic carbocycles. The fraction of sp³-hybridized carbons (Fsp3) is 0.500. The highest BCUT2D eigenvalue weighted by Crippen LogP contribution is 2.14. The smallest absolute Gasteiger partial charge is 0.260 e. The van der Waals surface area contributed by atoms with E-state index in [0.717, 1.165) is 0 Å². The molecule has 3 N–H and O–H groups in total. The minimum absolute atomic E-state index is 0.0222. The minimum atomic E-state index is -3.60. The van der Waals surface area contributed by atoms with Gasteiger partial charge in [0.05, 0.1) is 24.1 Å². The number of aromatic nitrogens is 2. The normalized spacial score (nSPS) is 12.2. The molecule has 1 aromatic heterocycles. The maximum Gasteiger partial charge on any atom is 0.260 e. The molecule has 8 heteroatoms. The molecule has 0 amide bonds. The zero-order valence-electron chi connectivity index (χ0n) is 9.04. The van der Waals surface area contributed by atoms with E-state index < -0.39 is 10.0 Å². The van der Waals surface area contributed by atoms with Crippen molar-refractivity contribution in [1.82, 2.24) is 14.3 Å². The van der Waals surface area contributed by atoms with Crippen molar-refractivity contribution < 1.29 is 8.42 Å². The Labute approximate surface area is 99.9 Å². The van der Waals surface area contributed by atoms with Crippen LogP contribution in [-0.2, 0) is 10.0 Å². The van der Waals surface area contributed by atoms with Gasteiger partial charge in [-0.15, -0.1) is 0 Å². The largest absolute Gasteiger partial charge is 0.392 e. The monoisotopic (exact) mass is 262 g/mol. The van der Waals surface area contributed by atoms with E-state index in [4.69, 9.17) is 18.0 Å². The van der Waals surface area contributed by atoms with Gasteiger partial charge in [-0.25, -0.2) is 13.4 Å². The molecule has 0 aliphatic heterocycles. The molecule has 1 rings (SSSR count). The van der Waals surface area contributed by atoms with Crippen LogP contribution in [0.2, 0.25) is 0 Å². The van der Waals surface area contributed by atoms with Crippen molar-refractivity contribution >= 4 is 27.2 Å². The first-order chi connectivity index (χ1) is 7.35. The summed E-state index contributed by atoms with van der Waals surface area (Å²) in [7, 11) is -3.60. The predicted octanol–water partition coefficient (Wildman–Crippen LogP) is 0.0949. The number of H-pyrrole nitrogens is 1. The topological polar surface area (TPSA) is 92.1 Å². The molecule has 0 bridgehead atoms. The van der Waals surface area contributed by atoms with E-state index >= 15 is 0 Å². The zero-order chi connectivity index (χ0) is 12.3. The van der Waals surface area contributed by atoms with Gasteiger partial charge in [0.1, 0.15) is 0 Å². The lowest BCUT2D eigenvalue weighted by Gasteiger charge is -2.24. The van der Waals surface area contributed by atoms with Crippen LogP contribution >= 0.6 is 12.2 Å². The Bertz CT molecular complexity index is 452. The molecule has 0 atom stereocenters. The second-order valence-corrected chi connectivity index (χ2v) is 5.91. The van der Waals surface area contributed by atoms with E-state index in [9.17, 15) is 8.42 Å². The van der Waals surface area contributed by atoms with Crippen LogP contribution < -0.4 is 5.73 Å². The van der Waals surface area contributed by atoms with Gasteiger partial charge in [-0.05, 0) is 13.8 Å². The van der Waals surface area contributed by atoms with Gasteiger partial charge < -0.3 is 10.7 Å². The third kappa shape index (κ3) is 2.77. The first kappa shape index (κ1) is 13.1. The van der Waals surface area contributed by atoms with Gasteiger partial charge >= 0.3 is 0 Å². The van der Waals surface area contributed by atoms with E-state index in [1.807, 2.05) is 0 Å². The van der Waals surface area contributed by atoms with Crippen LogP contribution in [0.4, 0.5) is 0 Å². The van der Waals surface area contributed by atoms with Crippen LogP contribution in [-0.4, -0.2) is 40.3 Å². The molecule has 90 valence electrons. The van der Waals surface area contributed by atoms with Gasteiger partial charge in [0.15, 0.2) is 5.03 Å². The number of aromatic amines is 1. The van der Waals surface area contributed by atoms with E-state index in [-0.39, 0.29) is 22.6 Å². The third-order valence-corrected chi connectivity index (χ3v) is 4.02. The van der Waals surface area contributed by atoms with Crippen molar-refractivity contribution in [3.05, 3.63) is 12.5 Å². The van der Waals surface area contributed by atoms with Gasteiger partial charge in [-0.3, -0.25) is 0 Å². The fourth-order valence-corrected chi connectivity index (χ4v) is 2.94. The molecule has 0 aromatic carbocycles. The van der Waals surface area contributed by atoms with Crippen LogP contribution in [0.15, 0.2) is 17.6 Å². The third-order valence-electron chi connectivity index (χ3n) is 1.95. The Balaban J connectivity index is 3.08. The van der Waals surface area contributed by atoms with Crippen molar-refractivity contribution in [2.45, 2.75) is 24.9 Å². The molecule has 1 heterocycles. The molecule has 1 aromatic rings. The number of imidazole rings is 1. The van der Waals surface area contributed by atoms with Crippen molar-refractivity contribution in [3.8, 4) is 0 Å². The summed E-state index contributed by atoms with van der Waals surface area (Å²) in [5, 5.41) is 0.0393. The maximum absolute atomic E-state index is 12.1. The second kappa shape index (κ2) is 4.89. The fourth-order valence-electron chi connectivity index (χ4n) is 1.21. The molecule has 16 heavy (non-hydrogen) atoms. The summed E-state index contributed by atoms with van der Waals surface area (Å²) in [5.74, 6) is 0. The molecule has 0 radical (unpaired) electrons. The number of hydrogen-bond donors (Lipinski definition) is 2. The molecule has 0 spiro atoms. The Morgan fingerprint density at radius 2 is 2.31 bits per heavy atom. The standard InChI is InChI=1S/C8H14N4O2S2/c1-6(2)12(4-7(9)15)16(13,14)8-3-10-5-11-8/h3,5-6H,4H2,1-2H3,(H2,9,15)(H,10,11). The highest BCUT2D eigenvalue weighted by atomic mass is 32.2. The van der Waals surface area contributed by atoms with Gasteiger partial charge in [0.2, 0.25) is 0 Å². The molecular formula is C8H14N4O2S2. The molecule has 0 aliphatic rings. The van der Waals surface area contributed by atoms with Crippen LogP contribution in [0.3, 0.4) is 0 Å². The number of nitrogens with zero attached hydrogens (tertiary/aromatic N) is 2. The first-order valence-corrected chi connectivity index (χ1v) is 6.49. The van der Waals surface area contributed by atoms with Crippen molar-refractivity contribution in [3.63, 3.8) is 0 Å². The van der Waals surface area contributed by atoms with E-state index in [1.165, 1.54) is 16.8 Å². The van der Waals surface area contributed by atoms with E-state index in [1.54, 1.807) is 13.8 Å².